The summed E-state index contributed by atoms with van der Waals surface area (Å²) in [7, 11) is -0.732. The zero-order chi connectivity index (χ0) is 18.6. The van der Waals surface area contributed by atoms with E-state index in [-0.39, 0.29) is 4.90 Å². The van der Waals surface area contributed by atoms with Crippen LogP contribution in [0, 0.1) is 12.7 Å². The van der Waals surface area contributed by atoms with Gasteiger partial charge in [-0.25, -0.2) is 17.5 Å². The molecule has 0 fully saturated rings. The molecule has 25 heavy (non-hydrogen) atoms. The maximum Gasteiger partial charge on any atom is 0.241 e. The van der Waals surface area contributed by atoms with E-state index in [0.29, 0.717) is 23.5 Å². The first-order valence-electron chi connectivity index (χ1n) is 7.82. The summed E-state index contributed by atoms with van der Waals surface area (Å²) in [5.74, 6) is 0.623. The largest absolute Gasteiger partial charge is 0.493 e. The van der Waals surface area contributed by atoms with E-state index < -0.39 is 21.9 Å². The summed E-state index contributed by atoms with van der Waals surface area (Å²) in [6.45, 7) is 3.44. The third-order valence-corrected chi connectivity index (χ3v) is 5.57. The second kappa shape index (κ2) is 7.84. The lowest BCUT2D eigenvalue weighted by molar-refractivity contribution is 0.354. The van der Waals surface area contributed by atoms with E-state index in [9.17, 15) is 12.8 Å². The van der Waals surface area contributed by atoms with Crippen molar-refractivity contribution in [1.82, 2.24) is 4.72 Å². The maximum atomic E-state index is 13.2. The average molecular weight is 367 g/mol. The highest BCUT2D eigenvalue weighted by Crippen LogP contribution is 2.31. The van der Waals surface area contributed by atoms with E-state index in [1.165, 1.54) is 26.4 Å². The van der Waals surface area contributed by atoms with Gasteiger partial charge in [0.15, 0.2) is 11.5 Å². The van der Waals surface area contributed by atoms with Gasteiger partial charge in [-0.3, -0.25) is 0 Å². The number of rotatable bonds is 7. The Bertz CT molecular complexity index is 852. The van der Waals surface area contributed by atoms with Gasteiger partial charge in [0.05, 0.1) is 19.1 Å². The number of nitrogens with one attached hydrogen (secondary N) is 1. The second-order valence-corrected chi connectivity index (χ2v) is 7.29. The summed E-state index contributed by atoms with van der Waals surface area (Å²) in [5, 5.41) is 0. The Morgan fingerprint density at radius 1 is 1.08 bits per heavy atom. The number of hydrogen-bond donors (Lipinski definition) is 1. The summed E-state index contributed by atoms with van der Waals surface area (Å²) >= 11 is 0. The van der Waals surface area contributed by atoms with Crippen LogP contribution in [-0.2, 0) is 10.0 Å². The number of halogens is 1. The van der Waals surface area contributed by atoms with E-state index in [0.717, 1.165) is 11.6 Å². The van der Waals surface area contributed by atoms with Gasteiger partial charge in [0.1, 0.15) is 5.82 Å². The van der Waals surface area contributed by atoms with Crippen molar-refractivity contribution >= 4 is 10.0 Å². The Labute approximate surface area is 147 Å². The number of sulfonamides is 1. The Morgan fingerprint density at radius 3 is 2.32 bits per heavy atom. The van der Waals surface area contributed by atoms with Gasteiger partial charge in [0.2, 0.25) is 10.0 Å². The van der Waals surface area contributed by atoms with Crippen molar-refractivity contribution in [2.75, 3.05) is 14.2 Å². The fourth-order valence-corrected chi connectivity index (χ4v) is 4.16. The molecule has 2 aromatic carbocycles. The van der Waals surface area contributed by atoms with Crippen LogP contribution in [0.15, 0.2) is 41.3 Å². The van der Waals surface area contributed by atoms with Crippen LogP contribution in [0.1, 0.15) is 30.5 Å². The fourth-order valence-electron chi connectivity index (χ4n) is 2.62. The Kier molecular flexibility index (Phi) is 6.02. The van der Waals surface area contributed by atoms with Crippen molar-refractivity contribution in [1.29, 1.82) is 0 Å². The first-order valence-corrected chi connectivity index (χ1v) is 9.31. The van der Waals surface area contributed by atoms with Gasteiger partial charge < -0.3 is 9.47 Å². The third-order valence-electron chi connectivity index (χ3n) is 3.94. The quantitative estimate of drug-likeness (QED) is 0.812. The monoisotopic (exact) mass is 367 g/mol. The Hall–Kier alpha value is -2.12. The van der Waals surface area contributed by atoms with E-state index in [1.807, 2.05) is 6.92 Å². The topological polar surface area (TPSA) is 64.6 Å². The SMILES string of the molecule is CC[C@@H](NS(=O)(=O)c1ccc(F)cc1C)c1ccc(OC)c(OC)c1. The zero-order valence-electron chi connectivity index (χ0n) is 14.7. The van der Waals surface area contributed by atoms with Crippen LogP contribution in [0.5, 0.6) is 11.5 Å². The molecule has 7 heteroatoms. The molecule has 0 aliphatic rings. The van der Waals surface area contributed by atoms with Crippen LogP contribution in [0.25, 0.3) is 0 Å². The maximum absolute atomic E-state index is 13.2. The second-order valence-electron chi connectivity index (χ2n) is 5.61. The predicted octanol–water partition coefficient (Wildman–Crippen LogP) is 3.58. The molecule has 0 bridgehead atoms. The zero-order valence-corrected chi connectivity index (χ0v) is 15.5. The molecule has 0 saturated carbocycles. The van der Waals surface area contributed by atoms with Crippen molar-refractivity contribution in [3.8, 4) is 11.5 Å². The minimum Gasteiger partial charge on any atom is -0.493 e. The molecule has 0 spiro atoms. The molecule has 136 valence electrons. The van der Waals surface area contributed by atoms with E-state index >= 15 is 0 Å². The van der Waals surface area contributed by atoms with Crippen molar-refractivity contribution in [3.63, 3.8) is 0 Å². The summed E-state index contributed by atoms with van der Waals surface area (Å²) in [6, 6.07) is 8.42. The van der Waals surface area contributed by atoms with E-state index in [1.54, 1.807) is 25.1 Å². The summed E-state index contributed by atoms with van der Waals surface area (Å²) < 4.78 is 51.8. The van der Waals surface area contributed by atoms with Crippen molar-refractivity contribution < 1.29 is 22.3 Å². The minimum absolute atomic E-state index is 0.0628. The molecule has 0 unspecified atom stereocenters. The molecule has 5 nitrogen and oxygen atoms in total. The molecule has 0 aliphatic heterocycles. The molecule has 0 aromatic heterocycles. The first kappa shape index (κ1) is 19.2. The third kappa shape index (κ3) is 4.29. The van der Waals surface area contributed by atoms with Gasteiger partial charge in [-0.2, -0.15) is 0 Å². The molecular weight excluding hydrogens is 345 g/mol. The van der Waals surface area contributed by atoms with Gasteiger partial charge in [0.25, 0.3) is 0 Å². The van der Waals surface area contributed by atoms with Crippen LogP contribution in [-0.4, -0.2) is 22.6 Å². The molecule has 1 atom stereocenters. The summed E-state index contributed by atoms with van der Waals surface area (Å²) in [5.41, 5.74) is 1.11. The lowest BCUT2D eigenvalue weighted by atomic mass is 10.1. The predicted molar refractivity (Wildman–Crippen MR) is 94.0 cm³/mol. The summed E-state index contributed by atoms with van der Waals surface area (Å²) in [6.07, 6.45) is 0.537. The van der Waals surface area contributed by atoms with Gasteiger partial charge in [0, 0.05) is 6.04 Å². The van der Waals surface area contributed by atoms with E-state index in [4.69, 9.17) is 9.47 Å². The van der Waals surface area contributed by atoms with Crippen molar-refractivity contribution in [3.05, 3.63) is 53.3 Å². The molecular formula is C18H22FNO4S. The van der Waals surface area contributed by atoms with Gasteiger partial charge in [-0.05, 0) is 54.8 Å². The molecule has 0 aliphatic carbocycles. The Morgan fingerprint density at radius 2 is 1.76 bits per heavy atom. The molecule has 1 N–H and O–H groups in total. The number of hydrogen-bond acceptors (Lipinski definition) is 4. The van der Waals surface area contributed by atoms with Crippen LogP contribution in [0.3, 0.4) is 0 Å². The lowest BCUT2D eigenvalue weighted by Gasteiger charge is -2.20. The minimum atomic E-state index is -3.79. The summed E-state index contributed by atoms with van der Waals surface area (Å²) in [4.78, 5) is 0.0628. The number of methoxy groups -OCH3 is 2. The van der Waals surface area contributed by atoms with Gasteiger partial charge in [-0.15, -0.1) is 0 Å². The first-order chi connectivity index (χ1) is 11.8. The van der Waals surface area contributed by atoms with Crippen LogP contribution in [0.4, 0.5) is 4.39 Å². The standard InChI is InChI=1S/C18H22FNO4S/c1-5-15(13-6-8-16(23-3)17(11-13)24-4)20-25(21,22)18-9-7-14(19)10-12(18)2/h6-11,15,20H,5H2,1-4H3/t15-/m1/s1. The molecule has 0 heterocycles. The highest BCUT2D eigenvalue weighted by molar-refractivity contribution is 7.89. The van der Waals surface area contributed by atoms with Crippen molar-refractivity contribution in [2.24, 2.45) is 0 Å². The number of aryl methyl sites for hydroxylation is 1. The van der Waals surface area contributed by atoms with Gasteiger partial charge in [-0.1, -0.05) is 13.0 Å². The smallest absolute Gasteiger partial charge is 0.241 e. The highest BCUT2D eigenvalue weighted by Gasteiger charge is 2.23. The van der Waals surface area contributed by atoms with Crippen molar-refractivity contribution in [2.45, 2.75) is 31.2 Å². The number of benzene rings is 2. The highest BCUT2D eigenvalue weighted by atomic mass is 32.2. The average Bonchev–Trinajstić information content (AvgIpc) is 2.58. The Balaban J connectivity index is 2.35. The van der Waals surface area contributed by atoms with Crippen LogP contribution < -0.4 is 14.2 Å². The molecule has 2 aromatic rings. The molecule has 0 amide bonds. The fraction of sp³-hybridized carbons (Fsp3) is 0.333. The normalized spacial score (nSPS) is 12.7. The molecule has 0 saturated heterocycles. The van der Waals surface area contributed by atoms with Crippen LogP contribution >= 0.6 is 0 Å². The lowest BCUT2D eigenvalue weighted by Crippen LogP contribution is -2.29. The molecule has 2 rings (SSSR count). The number of ether oxygens (including phenoxy) is 2. The molecule has 0 radical (unpaired) electrons. The van der Waals surface area contributed by atoms with Gasteiger partial charge >= 0.3 is 0 Å². The van der Waals surface area contributed by atoms with Crippen LogP contribution in [0.2, 0.25) is 0 Å². The van der Waals surface area contributed by atoms with E-state index in [2.05, 4.69) is 4.72 Å².